The fourth-order valence-electron chi connectivity index (χ4n) is 1.93. The Bertz CT molecular complexity index is 193. The molecule has 0 aromatic carbocycles. The lowest BCUT2D eigenvalue weighted by atomic mass is 10.1. The molecule has 2 heteroatoms. The Morgan fingerprint density at radius 2 is 1.47 bits per heavy atom. The quantitative estimate of drug-likeness (QED) is 0.278. The minimum atomic E-state index is 0.776. The van der Waals surface area contributed by atoms with Gasteiger partial charge in [-0.25, -0.2) is 0 Å². The molecule has 0 saturated carbocycles. The van der Waals surface area contributed by atoms with E-state index in [2.05, 4.69) is 6.92 Å². The first-order valence-electron chi connectivity index (χ1n) is 7.37. The third-order valence-corrected chi connectivity index (χ3v) is 3.14. The monoisotopic (exact) mass is 240 g/mol. The van der Waals surface area contributed by atoms with E-state index in [0.29, 0.717) is 0 Å². The Morgan fingerprint density at radius 3 is 2.00 bits per heavy atom. The standard InChI is InChI=1S/C15H28O2/c1-2-3-4-5-6-7-8-9-10-11-12-16-13-15-14-17-15/h13H,2-12,14H2,1H3. The van der Waals surface area contributed by atoms with Gasteiger partial charge in [-0.1, -0.05) is 64.7 Å². The fraction of sp³-hybridized carbons (Fsp3) is 0.867. The molecule has 0 N–H and O–H groups in total. The van der Waals surface area contributed by atoms with Crippen molar-refractivity contribution in [3.8, 4) is 0 Å². The number of ether oxygens (including phenoxy) is 2. The van der Waals surface area contributed by atoms with E-state index in [-0.39, 0.29) is 0 Å². The summed E-state index contributed by atoms with van der Waals surface area (Å²) in [5.74, 6) is 0.997. The van der Waals surface area contributed by atoms with Gasteiger partial charge in [0.2, 0.25) is 0 Å². The maximum absolute atomic E-state index is 5.34. The molecule has 0 aromatic rings. The van der Waals surface area contributed by atoms with E-state index < -0.39 is 0 Å². The van der Waals surface area contributed by atoms with Crippen LogP contribution in [0, 0.1) is 0 Å². The van der Waals surface area contributed by atoms with Gasteiger partial charge in [0.25, 0.3) is 0 Å². The van der Waals surface area contributed by atoms with Crippen LogP contribution in [0.1, 0.15) is 71.1 Å². The molecule has 0 unspecified atom stereocenters. The predicted molar refractivity (Wildman–Crippen MR) is 71.8 cm³/mol. The molecular weight excluding hydrogens is 212 g/mol. The van der Waals surface area contributed by atoms with Crippen molar-refractivity contribution >= 4 is 0 Å². The SMILES string of the molecule is CCCCCCCCCCCCOC=C1CO1. The lowest BCUT2D eigenvalue weighted by molar-refractivity contribution is 0.235. The summed E-state index contributed by atoms with van der Waals surface area (Å²) in [6.45, 7) is 3.90. The van der Waals surface area contributed by atoms with Gasteiger partial charge in [0.15, 0.2) is 5.76 Å². The molecule has 1 aliphatic heterocycles. The largest absolute Gasteiger partial charge is 0.498 e. The number of epoxide rings is 1. The van der Waals surface area contributed by atoms with Crippen LogP contribution < -0.4 is 0 Å². The molecule has 17 heavy (non-hydrogen) atoms. The average Bonchev–Trinajstić information content (AvgIpc) is 3.15. The highest BCUT2D eigenvalue weighted by molar-refractivity contribution is 4.99. The van der Waals surface area contributed by atoms with Crippen molar-refractivity contribution in [1.29, 1.82) is 0 Å². The highest BCUT2D eigenvalue weighted by Crippen LogP contribution is 2.14. The van der Waals surface area contributed by atoms with Crippen LogP contribution in [0.5, 0.6) is 0 Å². The molecular formula is C15H28O2. The Morgan fingerprint density at radius 1 is 0.941 bits per heavy atom. The smallest absolute Gasteiger partial charge is 0.168 e. The van der Waals surface area contributed by atoms with E-state index in [4.69, 9.17) is 9.47 Å². The first kappa shape index (κ1) is 14.4. The molecule has 0 spiro atoms. The second-order valence-corrected chi connectivity index (χ2v) is 4.93. The lowest BCUT2D eigenvalue weighted by Crippen LogP contribution is -1.88. The lowest BCUT2D eigenvalue weighted by Gasteiger charge is -2.02. The maximum Gasteiger partial charge on any atom is 0.168 e. The van der Waals surface area contributed by atoms with Gasteiger partial charge in [-0.3, -0.25) is 0 Å². The summed E-state index contributed by atoms with van der Waals surface area (Å²) in [7, 11) is 0. The molecule has 1 fully saturated rings. The van der Waals surface area contributed by atoms with E-state index in [1.54, 1.807) is 6.26 Å². The van der Waals surface area contributed by atoms with Crippen LogP contribution in [-0.2, 0) is 9.47 Å². The molecule has 2 nitrogen and oxygen atoms in total. The summed E-state index contributed by atoms with van der Waals surface area (Å²) in [6.07, 6.45) is 15.5. The van der Waals surface area contributed by atoms with Crippen LogP contribution in [-0.4, -0.2) is 13.2 Å². The van der Waals surface area contributed by atoms with E-state index in [0.717, 1.165) is 19.0 Å². The van der Waals surface area contributed by atoms with Crippen LogP contribution in [0.4, 0.5) is 0 Å². The van der Waals surface area contributed by atoms with Crippen molar-refractivity contribution in [2.24, 2.45) is 0 Å². The van der Waals surface area contributed by atoms with Gasteiger partial charge in [0, 0.05) is 0 Å². The van der Waals surface area contributed by atoms with Crippen LogP contribution in [0.2, 0.25) is 0 Å². The minimum absolute atomic E-state index is 0.776. The molecule has 1 saturated heterocycles. The molecule has 1 heterocycles. The van der Waals surface area contributed by atoms with Crippen molar-refractivity contribution in [1.82, 2.24) is 0 Å². The highest BCUT2D eigenvalue weighted by Gasteiger charge is 2.12. The second-order valence-electron chi connectivity index (χ2n) is 4.93. The Kier molecular flexibility index (Phi) is 8.89. The van der Waals surface area contributed by atoms with Gasteiger partial charge < -0.3 is 9.47 Å². The van der Waals surface area contributed by atoms with Crippen molar-refractivity contribution < 1.29 is 9.47 Å². The number of unbranched alkanes of at least 4 members (excludes halogenated alkanes) is 9. The Balaban J connectivity index is 1.65. The normalized spacial score (nSPS) is 15.9. The number of hydrogen-bond acceptors (Lipinski definition) is 2. The molecule has 0 amide bonds. The number of rotatable bonds is 12. The van der Waals surface area contributed by atoms with Gasteiger partial charge in [-0.2, -0.15) is 0 Å². The topological polar surface area (TPSA) is 21.8 Å². The van der Waals surface area contributed by atoms with Crippen LogP contribution >= 0.6 is 0 Å². The van der Waals surface area contributed by atoms with Gasteiger partial charge in [-0.15, -0.1) is 0 Å². The van der Waals surface area contributed by atoms with E-state index >= 15 is 0 Å². The van der Waals surface area contributed by atoms with E-state index in [1.165, 1.54) is 64.2 Å². The molecule has 1 rings (SSSR count). The van der Waals surface area contributed by atoms with Crippen molar-refractivity contribution in [3.05, 3.63) is 12.0 Å². The third kappa shape index (κ3) is 10.2. The molecule has 0 aliphatic carbocycles. The fourth-order valence-corrected chi connectivity index (χ4v) is 1.93. The highest BCUT2D eigenvalue weighted by atomic mass is 16.6. The Hall–Kier alpha value is -0.660. The first-order valence-corrected chi connectivity index (χ1v) is 7.37. The molecule has 0 bridgehead atoms. The average molecular weight is 240 g/mol. The molecule has 0 aromatic heterocycles. The van der Waals surface area contributed by atoms with Gasteiger partial charge >= 0.3 is 0 Å². The summed E-state index contributed by atoms with van der Waals surface area (Å²) in [4.78, 5) is 0. The summed E-state index contributed by atoms with van der Waals surface area (Å²) in [5.41, 5.74) is 0. The van der Waals surface area contributed by atoms with Crippen molar-refractivity contribution in [2.45, 2.75) is 71.1 Å². The summed E-state index contributed by atoms with van der Waals surface area (Å²) < 4.78 is 10.3. The zero-order valence-corrected chi connectivity index (χ0v) is 11.4. The van der Waals surface area contributed by atoms with Gasteiger partial charge in [0.05, 0.1) is 6.61 Å². The summed E-state index contributed by atoms with van der Waals surface area (Å²) >= 11 is 0. The number of hydrogen-bond donors (Lipinski definition) is 0. The minimum Gasteiger partial charge on any atom is -0.498 e. The second kappa shape index (κ2) is 10.5. The van der Waals surface area contributed by atoms with Crippen molar-refractivity contribution in [2.75, 3.05) is 13.2 Å². The molecule has 0 radical (unpaired) electrons. The zero-order valence-electron chi connectivity index (χ0n) is 11.4. The third-order valence-electron chi connectivity index (χ3n) is 3.14. The molecule has 1 aliphatic rings. The van der Waals surface area contributed by atoms with Crippen LogP contribution in [0.25, 0.3) is 0 Å². The van der Waals surface area contributed by atoms with Crippen LogP contribution in [0.3, 0.4) is 0 Å². The van der Waals surface area contributed by atoms with Crippen molar-refractivity contribution in [3.63, 3.8) is 0 Å². The van der Waals surface area contributed by atoms with Crippen LogP contribution in [0.15, 0.2) is 12.0 Å². The predicted octanol–water partition coefficient (Wildman–Crippen LogP) is 4.80. The van der Waals surface area contributed by atoms with Gasteiger partial charge in [-0.05, 0) is 6.42 Å². The van der Waals surface area contributed by atoms with E-state index in [1.807, 2.05) is 0 Å². The maximum atomic E-state index is 5.34. The Labute approximate surface area is 106 Å². The molecule has 100 valence electrons. The van der Waals surface area contributed by atoms with Gasteiger partial charge in [0.1, 0.15) is 12.9 Å². The summed E-state index contributed by atoms with van der Waals surface area (Å²) in [5, 5.41) is 0. The first-order chi connectivity index (χ1) is 8.43. The zero-order chi connectivity index (χ0) is 12.2. The summed E-state index contributed by atoms with van der Waals surface area (Å²) in [6, 6.07) is 0. The molecule has 0 atom stereocenters. The van der Waals surface area contributed by atoms with E-state index in [9.17, 15) is 0 Å².